The summed E-state index contributed by atoms with van der Waals surface area (Å²) >= 11 is 0. The van der Waals surface area contributed by atoms with Gasteiger partial charge in [-0.2, -0.15) is 5.10 Å². The first-order valence-corrected chi connectivity index (χ1v) is 6.19. The van der Waals surface area contributed by atoms with Crippen molar-refractivity contribution in [1.29, 1.82) is 0 Å². The van der Waals surface area contributed by atoms with Gasteiger partial charge in [-0.15, -0.1) is 0 Å². The van der Waals surface area contributed by atoms with E-state index in [4.69, 9.17) is 5.73 Å². The summed E-state index contributed by atoms with van der Waals surface area (Å²) in [5, 5.41) is 4.34. The van der Waals surface area contributed by atoms with E-state index in [0.29, 0.717) is 0 Å². The van der Waals surface area contributed by atoms with Crippen molar-refractivity contribution >= 4 is 0 Å². The van der Waals surface area contributed by atoms with Crippen LogP contribution in [-0.2, 0) is 6.42 Å². The number of benzene rings is 1. The average Bonchev–Trinajstić information content (AvgIpc) is 2.83. The first-order chi connectivity index (χ1) is 8.36. The van der Waals surface area contributed by atoms with E-state index in [-0.39, 0.29) is 12.1 Å². The Balaban J connectivity index is 2.00. The van der Waals surface area contributed by atoms with Gasteiger partial charge >= 0.3 is 0 Å². The first-order valence-electron chi connectivity index (χ1n) is 6.19. The topological polar surface area (TPSA) is 43.8 Å². The lowest BCUT2D eigenvalue weighted by Crippen LogP contribution is -2.24. The SMILES string of the molecule is NC1c2ccccc2CCCC1n1cccn1. The third-order valence-electron chi connectivity index (χ3n) is 3.64. The van der Waals surface area contributed by atoms with Crippen LogP contribution in [0.3, 0.4) is 0 Å². The van der Waals surface area contributed by atoms with Crippen LogP contribution >= 0.6 is 0 Å². The monoisotopic (exact) mass is 227 g/mol. The van der Waals surface area contributed by atoms with Crippen LogP contribution in [0.4, 0.5) is 0 Å². The molecule has 2 aromatic rings. The largest absolute Gasteiger partial charge is 0.322 e. The van der Waals surface area contributed by atoms with E-state index in [9.17, 15) is 0 Å². The van der Waals surface area contributed by atoms with Crippen LogP contribution in [0, 0.1) is 0 Å². The standard InChI is InChI=1S/C14H17N3/c15-14-12-7-2-1-5-11(12)6-3-8-13(14)17-10-4-9-16-17/h1-2,4-5,7,9-10,13-14H,3,6,8,15H2. The Labute approximate surface area is 101 Å². The summed E-state index contributed by atoms with van der Waals surface area (Å²) in [7, 11) is 0. The van der Waals surface area contributed by atoms with Gasteiger partial charge in [0.1, 0.15) is 0 Å². The molecule has 0 saturated carbocycles. The Morgan fingerprint density at radius 2 is 2.12 bits per heavy atom. The molecule has 0 fully saturated rings. The van der Waals surface area contributed by atoms with Crippen molar-refractivity contribution in [3.8, 4) is 0 Å². The molecule has 2 unspecified atom stereocenters. The van der Waals surface area contributed by atoms with Crippen molar-refractivity contribution in [3.63, 3.8) is 0 Å². The molecule has 1 aliphatic rings. The number of fused-ring (bicyclic) bond motifs is 1. The van der Waals surface area contributed by atoms with E-state index >= 15 is 0 Å². The van der Waals surface area contributed by atoms with Crippen molar-refractivity contribution in [2.24, 2.45) is 5.73 Å². The predicted octanol–water partition coefficient (Wildman–Crippen LogP) is 2.46. The lowest BCUT2D eigenvalue weighted by atomic mass is 9.97. The number of aryl methyl sites for hydroxylation is 1. The van der Waals surface area contributed by atoms with Gasteiger partial charge in [0.05, 0.1) is 12.1 Å². The number of hydrogen-bond donors (Lipinski definition) is 1. The smallest absolute Gasteiger partial charge is 0.0711 e. The Bertz CT molecular complexity index is 490. The summed E-state index contributed by atoms with van der Waals surface area (Å²) in [6.45, 7) is 0. The highest BCUT2D eigenvalue weighted by molar-refractivity contribution is 5.31. The van der Waals surface area contributed by atoms with Gasteiger partial charge in [0.2, 0.25) is 0 Å². The maximum absolute atomic E-state index is 6.42. The summed E-state index contributed by atoms with van der Waals surface area (Å²) in [5.41, 5.74) is 9.10. The summed E-state index contributed by atoms with van der Waals surface area (Å²) in [5.74, 6) is 0. The van der Waals surface area contributed by atoms with Crippen molar-refractivity contribution in [3.05, 3.63) is 53.9 Å². The molecule has 2 atom stereocenters. The molecule has 3 rings (SSSR count). The minimum atomic E-state index is 0.0496. The van der Waals surface area contributed by atoms with Gasteiger partial charge in [0, 0.05) is 12.4 Å². The molecule has 1 aliphatic carbocycles. The maximum atomic E-state index is 6.42. The summed E-state index contributed by atoms with van der Waals surface area (Å²) < 4.78 is 2.01. The quantitative estimate of drug-likeness (QED) is 0.760. The molecular formula is C14H17N3. The minimum absolute atomic E-state index is 0.0496. The molecule has 1 aromatic carbocycles. The lowest BCUT2D eigenvalue weighted by molar-refractivity contribution is 0.362. The lowest BCUT2D eigenvalue weighted by Gasteiger charge is -2.23. The number of aromatic nitrogens is 2. The van der Waals surface area contributed by atoms with Gasteiger partial charge in [-0.1, -0.05) is 24.3 Å². The van der Waals surface area contributed by atoms with Crippen molar-refractivity contribution in [2.45, 2.75) is 31.3 Å². The molecule has 0 amide bonds. The molecule has 1 aromatic heterocycles. The molecule has 0 radical (unpaired) electrons. The summed E-state index contributed by atoms with van der Waals surface area (Å²) in [4.78, 5) is 0. The number of rotatable bonds is 1. The van der Waals surface area contributed by atoms with Gasteiger partial charge in [-0.05, 0) is 36.5 Å². The van der Waals surface area contributed by atoms with E-state index in [1.807, 2.05) is 23.1 Å². The zero-order chi connectivity index (χ0) is 11.7. The molecule has 2 N–H and O–H groups in total. The highest BCUT2D eigenvalue weighted by Crippen LogP contribution is 2.34. The Morgan fingerprint density at radius 3 is 2.94 bits per heavy atom. The van der Waals surface area contributed by atoms with Gasteiger partial charge in [0.15, 0.2) is 0 Å². The number of nitrogens with two attached hydrogens (primary N) is 1. The molecule has 17 heavy (non-hydrogen) atoms. The van der Waals surface area contributed by atoms with E-state index in [1.165, 1.54) is 17.5 Å². The normalized spacial score (nSPS) is 24.1. The Kier molecular flexibility index (Phi) is 2.69. The second-order valence-electron chi connectivity index (χ2n) is 4.67. The molecule has 3 heteroatoms. The highest BCUT2D eigenvalue weighted by atomic mass is 15.3. The van der Waals surface area contributed by atoms with Crippen LogP contribution in [-0.4, -0.2) is 9.78 Å². The van der Waals surface area contributed by atoms with Crippen molar-refractivity contribution < 1.29 is 0 Å². The first kappa shape index (κ1) is 10.5. The van der Waals surface area contributed by atoms with Gasteiger partial charge in [-0.25, -0.2) is 0 Å². The number of nitrogens with zero attached hydrogens (tertiary/aromatic N) is 2. The van der Waals surface area contributed by atoms with Crippen LogP contribution < -0.4 is 5.73 Å². The fourth-order valence-electron chi connectivity index (χ4n) is 2.75. The van der Waals surface area contributed by atoms with E-state index in [0.717, 1.165) is 12.8 Å². The molecule has 3 nitrogen and oxygen atoms in total. The van der Waals surface area contributed by atoms with Gasteiger partial charge in [-0.3, -0.25) is 4.68 Å². The summed E-state index contributed by atoms with van der Waals surface area (Å²) in [6.07, 6.45) is 7.23. The van der Waals surface area contributed by atoms with Crippen LogP contribution in [0.1, 0.15) is 36.1 Å². The molecule has 0 saturated heterocycles. The zero-order valence-electron chi connectivity index (χ0n) is 9.79. The van der Waals surface area contributed by atoms with Crippen molar-refractivity contribution in [1.82, 2.24) is 9.78 Å². The average molecular weight is 227 g/mol. The van der Waals surface area contributed by atoms with Crippen LogP contribution in [0.2, 0.25) is 0 Å². The predicted molar refractivity (Wildman–Crippen MR) is 67.6 cm³/mol. The zero-order valence-corrected chi connectivity index (χ0v) is 9.79. The maximum Gasteiger partial charge on any atom is 0.0711 e. The molecule has 0 bridgehead atoms. The Morgan fingerprint density at radius 1 is 1.24 bits per heavy atom. The fourth-order valence-corrected chi connectivity index (χ4v) is 2.75. The van der Waals surface area contributed by atoms with Gasteiger partial charge < -0.3 is 5.73 Å². The van der Waals surface area contributed by atoms with E-state index in [2.05, 4.69) is 29.4 Å². The molecule has 0 aliphatic heterocycles. The summed E-state index contributed by atoms with van der Waals surface area (Å²) in [6, 6.07) is 10.8. The fraction of sp³-hybridized carbons (Fsp3) is 0.357. The Hall–Kier alpha value is -1.61. The second kappa shape index (κ2) is 4.34. The third-order valence-corrected chi connectivity index (χ3v) is 3.64. The molecule has 1 heterocycles. The highest BCUT2D eigenvalue weighted by Gasteiger charge is 2.25. The van der Waals surface area contributed by atoms with Crippen LogP contribution in [0.15, 0.2) is 42.7 Å². The third kappa shape index (κ3) is 1.87. The molecule has 0 spiro atoms. The minimum Gasteiger partial charge on any atom is -0.322 e. The van der Waals surface area contributed by atoms with Gasteiger partial charge in [0.25, 0.3) is 0 Å². The second-order valence-corrected chi connectivity index (χ2v) is 4.67. The van der Waals surface area contributed by atoms with E-state index in [1.54, 1.807) is 0 Å². The molecular weight excluding hydrogens is 210 g/mol. The van der Waals surface area contributed by atoms with Crippen LogP contribution in [0.25, 0.3) is 0 Å². The molecule has 88 valence electrons. The number of hydrogen-bond acceptors (Lipinski definition) is 2. The van der Waals surface area contributed by atoms with Crippen LogP contribution in [0.5, 0.6) is 0 Å². The van der Waals surface area contributed by atoms with E-state index < -0.39 is 0 Å². The van der Waals surface area contributed by atoms with Crippen molar-refractivity contribution in [2.75, 3.05) is 0 Å².